The highest BCUT2D eigenvalue weighted by atomic mass is 16.4. The molecule has 0 aromatic heterocycles. The predicted molar refractivity (Wildman–Crippen MR) is 71.3 cm³/mol. The van der Waals surface area contributed by atoms with Crippen molar-refractivity contribution >= 4 is 23.6 Å². The van der Waals surface area contributed by atoms with Gasteiger partial charge in [0.15, 0.2) is 0 Å². The number of aliphatic carboxylic acids is 1. The van der Waals surface area contributed by atoms with Crippen LogP contribution in [0.15, 0.2) is 24.3 Å². The van der Waals surface area contributed by atoms with Gasteiger partial charge < -0.3 is 16.2 Å². The third-order valence-corrected chi connectivity index (χ3v) is 3.13. The van der Waals surface area contributed by atoms with Crippen molar-refractivity contribution in [3.63, 3.8) is 0 Å². The minimum Gasteiger partial charge on any atom is -0.480 e. The monoisotopic (exact) mass is 277 g/mol. The molecule has 0 spiro atoms. The second-order valence-electron chi connectivity index (χ2n) is 4.54. The lowest BCUT2D eigenvalue weighted by Gasteiger charge is -2.21. The SMILES string of the molecule is NC(=O)C[C@H](NC(=O)N1CCc2ccccc21)C(=O)O. The second kappa shape index (κ2) is 5.60. The van der Waals surface area contributed by atoms with Crippen LogP contribution in [0.25, 0.3) is 0 Å². The van der Waals surface area contributed by atoms with E-state index in [0.717, 1.165) is 17.7 Å². The minimum atomic E-state index is -1.31. The van der Waals surface area contributed by atoms with Gasteiger partial charge in [-0.2, -0.15) is 0 Å². The summed E-state index contributed by atoms with van der Waals surface area (Å²) in [6.07, 6.45) is 0.285. The Morgan fingerprint density at radius 3 is 2.70 bits per heavy atom. The molecule has 0 unspecified atom stereocenters. The maximum Gasteiger partial charge on any atom is 0.326 e. The molecule has 0 saturated carbocycles. The molecule has 3 amide bonds. The van der Waals surface area contributed by atoms with E-state index in [1.165, 1.54) is 4.90 Å². The fourth-order valence-corrected chi connectivity index (χ4v) is 2.18. The van der Waals surface area contributed by atoms with Gasteiger partial charge in [-0.15, -0.1) is 0 Å². The van der Waals surface area contributed by atoms with E-state index in [4.69, 9.17) is 10.8 Å². The van der Waals surface area contributed by atoms with Crippen LogP contribution in [0.5, 0.6) is 0 Å². The predicted octanol–water partition coefficient (Wildman–Crippen LogP) is 0.0873. The molecule has 106 valence electrons. The van der Waals surface area contributed by atoms with E-state index in [9.17, 15) is 14.4 Å². The number of anilines is 1. The van der Waals surface area contributed by atoms with Crippen LogP contribution < -0.4 is 16.0 Å². The zero-order valence-electron chi connectivity index (χ0n) is 10.7. The molecule has 2 rings (SSSR count). The Morgan fingerprint density at radius 2 is 2.05 bits per heavy atom. The van der Waals surface area contributed by atoms with Crippen LogP contribution in [-0.2, 0) is 16.0 Å². The van der Waals surface area contributed by atoms with Crippen molar-refractivity contribution in [3.05, 3.63) is 29.8 Å². The van der Waals surface area contributed by atoms with Crippen LogP contribution >= 0.6 is 0 Å². The standard InChI is InChI=1S/C13H15N3O4/c14-11(17)7-9(12(18)19)15-13(20)16-6-5-8-3-1-2-4-10(8)16/h1-4,9H,5-7H2,(H2,14,17)(H,15,20)(H,18,19)/t9-/m0/s1. The molecule has 1 heterocycles. The molecule has 0 fully saturated rings. The summed E-state index contributed by atoms with van der Waals surface area (Å²) < 4.78 is 0. The van der Waals surface area contributed by atoms with Gasteiger partial charge in [-0.05, 0) is 18.1 Å². The summed E-state index contributed by atoms with van der Waals surface area (Å²) in [6, 6.07) is 5.55. The average molecular weight is 277 g/mol. The summed E-state index contributed by atoms with van der Waals surface area (Å²) in [7, 11) is 0. The van der Waals surface area contributed by atoms with Gasteiger partial charge in [0, 0.05) is 12.2 Å². The van der Waals surface area contributed by atoms with Gasteiger partial charge >= 0.3 is 12.0 Å². The second-order valence-corrected chi connectivity index (χ2v) is 4.54. The van der Waals surface area contributed by atoms with Gasteiger partial charge in [0.05, 0.1) is 6.42 Å². The van der Waals surface area contributed by atoms with Gasteiger partial charge in [-0.25, -0.2) is 9.59 Å². The summed E-state index contributed by atoms with van der Waals surface area (Å²) >= 11 is 0. The van der Waals surface area contributed by atoms with Crippen LogP contribution in [0.3, 0.4) is 0 Å². The number of benzene rings is 1. The summed E-state index contributed by atoms with van der Waals surface area (Å²) in [5.74, 6) is -2.07. The molecule has 1 aromatic rings. The van der Waals surface area contributed by atoms with E-state index in [0.29, 0.717) is 6.54 Å². The van der Waals surface area contributed by atoms with Crippen molar-refractivity contribution in [2.45, 2.75) is 18.9 Å². The van der Waals surface area contributed by atoms with E-state index < -0.39 is 30.4 Å². The van der Waals surface area contributed by atoms with Crippen molar-refractivity contribution < 1.29 is 19.5 Å². The highest BCUT2D eigenvalue weighted by molar-refractivity contribution is 5.97. The quantitative estimate of drug-likeness (QED) is 0.723. The Hall–Kier alpha value is -2.57. The fraction of sp³-hybridized carbons (Fsp3) is 0.308. The van der Waals surface area contributed by atoms with Crippen molar-refractivity contribution in [2.24, 2.45) is 5.73 Å². The number of fused-ring (bicyclic) bond motifs is 1. The maximum atomic E-state index is 12.1. The molecule has 7 nitrogen and oxygen atoms in total. The van der Waals surface area contributed by atoms with E-state index in [-0.39, 0.29) is 0 Å². The molecule has 0 radical (unpaired) electrons. The minimum absolute atomic E-state index is 0.434. The van der Waals surface area contributed by atoms with E-state index in [2.05, 4.69) is 5.32 Å². The zero-order valence-corrected chi connectivity index (χ0v) is 10.7. The smallest absolute Gasteiger partial charge is 0.326 e. The molecule has 1 atom stereocenters. The summed E-state index contributed by atoms with van der Waals surface area (Å²) in [4.78, 5) is 35.4. The third-order valence-electron chi connectivity index (χ3n) is 3.13. The molecule has 0 aliphatic carbocycles. The highest BCUT2D eigenvalue weighted by Crippen LogP contribution is 2.27. The largest absolute Gasteiger partial charge is 0.480 e. The number of nitrogens with two attached hydrogens (primary N) is 1. The number of hydrogen-bond donors (Lipinski definition) is 3. The number of rotatable bonds is 4. The molecular weight excluding hydrogens is 262 g/mol. The Labute approximate surface area is 115 Å². The maximum absolute atomic E-state index is 12.1. The Balaban J connectivity index is 2.09. The summed E-state index contributed by atoms with van der Waals surface area (Å²) in [5, 5.41) is 11.3. The van der Waals surface area contributed by atoms with Gasteiger partial charge in [0.2, 0.25) is 5.91 Å². The molecule has 20 heavy (non-hydrogen) atoms. The Bertz CT molecular complexity index is 558. The number of nitrogens with zero attached hydrogens (tertiary/aromatic N) is 1. The Kier molecular flexibility index (Phi) is 3.88. The number of nitrogens with one attached hydrogen (secondary N) is 1. The van der Waals surface area contributed by atoms with Crippen LogP contribution in [-0.4, -0.2) is 35.6 Å². The normalized spacial score (nSPS) is 14.5. The third kappa shape index (κ3) is 2.87. The molecule has 1 aliphatic rings. The van der Waals surface area contributed by atoms with Crippen LogP contribution in [0.2, 0.25) is 0 Å². The first-order chi connectivity index (χ1) is 9.49. The number of amides is 3. The van der Waals surface area contributed by atoms with Gasteiger partial charge in [0.1, 0.15) is 6.04 Å². The number of carboxylic acid groups (broad SMARTS) is 1. The van der Waals surface area contributed by atoms with Crippen molar-refractivity contribution in [1.82, 2.24) is 5.32 Å². The van der Waals surface area contributed by atoms with Gasteiger partial charge in [0.25, 0.3) is 0 Å². The van der Waals surface area contributed by atoms with E-state index in [1.807, 2.05) is 18.2 Å². The Morgan fingerprint density at radius 1 is 1.35 bits per heavy atom. The van der Waals surface area contributed by atoms with Crippen LogP contribution in [0, 0.1) is 0 Å². The molecule has 1 aliphatic heterocycles. The number of carbonyl (C=O) groups is 3. The lowest BCUT2D eigenvalue weighted by Crippen LogP contribution is -2.49. The van der Waals surface area contributed by atoms with Crippen molar-refractivity contribution in [2.75, 3.05) is 11.4 Å². The van der Waals surface area contributed by atoms with Crippen LogP contribution in [0.1, 0.15) is 12.0 Å². The topological polar surface area (TPSA) is 113 Å². The fourth-order valence-electron chi connectivity index (χ4n) is 2.18. The molecule has 0 saturated heterocycles. The lowest BCUT2D eigenvalue weighted by atomic mass is 10.2. The number of urea groups is 1. The zero-order chi connectivity index (χ0) is 14.7. The number of hydrogen-bond acceptors (Lipinski definition) is 3. The van der Waals surface area contributed by atoms with Gasteiger partial charge in [-0.3, -0.25) is 9.69 Å². The number of primary amides is 1. The molecule has 7 heteroatoms. The van der Waals surface area contributed by atoms with Crippen molar-refractivity contribution in [3.8, 4) is 0 Å². The van der Waals surface area contributed by atoms with E-state index >= 15 is 0 Å². The van der Waals surface area contributed by atoms with Crippen LogP contribution in [0.4, 0.5) is 10.5 Å². The summed E-state index contributed by atoms with van der Waals surface area (Å²) in [6.45, 7) is 0.480. The van der Waals surface area contributed by atoms with E-state index in [1.54, 1.807) is 6.07 Å². The first-order valence-corrected chi connectivity index (χ1v) is 6.16. The first-order valence-electron chi connectivity index (χ1n) is 6.16. The highest BCUT2D eigenvalue weighted by Gasteiger charge is 2.28. The number of carboxylic acids is 1. The first kappa shape index (κ1) is 13.9. The van der Waals surface area contributed by atoms with Crippen molar-refractivity contribution in [1.29, 1.82) is 0 Å². The number of para-hydroxylation sites is 1. The molecular formula is C13H15N3O4. The lowest BCUT2D eigenvalue weighted by molar-refractivity contribution is -0.140. The average Bonchev–Trinajstić information content (AvgIpc) is 2.81. The van der Waals surface area contributed by atoms with Gasteiger partial charge in [-0.1, -0.05) is 18.2 Å². The molecule has 4 N–H and O–H groups in total. The molecule has 0 bridgehead atoms. The number of carbonyl (C=O) groups excluding carboxylic acids is 2. The molecule has 1 aromatic carbocycles. The summed E-state index contributed by atoms with van der Waals surface area (Å²) in [5.41, 5.74) is 6.76.